The third kappa shape index (κ3) is 3.06. The molecule has 0 saturated carbocycles. The Labute approximate surface area is 132 Å². The summed E-state index contributed by atoms with van der Waals surface area (Å²) in [5.74, 6) is -1.95. The first-order valence-corrected chi connectivity index (χ1v) is 7.63. The Morgan fingerprint density at radius 1 is 1.26 bits per heavy atom. The molecule has 3 rings (SSSR count). The highest BCUT2D eigenvalue weighted by Crippen LogP contribution is 2.33. The summed E-state index contributed by atoms with van der Waals surface area (Å²) in [6, 6.07) is 3.58. The molecule has 2 amide bonds. The molecule has 5 nitrogen and oxygen atoms in total. The van der Waals surface area contributed by atoms with E-state index in [-0.39, 0.29) is 31.2 Å². The molecule has 0 atom stereocenters. The zero-order valence-corrected chi connectivity index (χ0v) is 12.6. The molecule has 0 radical (unpaired) electrons. The van der Waals surface area contributed by atoms with Gasteiger partial charge in [-0.3, -0.25) is 9.59 Å². The summed E-state index contributed by atoms with van der Waals surface area (Å²) < 4.78 is 33.1. The summed E-state index contributed by atoms with van der Waals surface area (Å²) in [6.07, 6.45) is 2.12. The smallest absolute Gasteiger partial charge is 0.240 e. The number of amides is 2. The van der Waals surface area contributed by atoms with Gasteiger partial charge >= 0.3 is 0 Å². The van der Waals surface area contributed by atoms with Crippen LogP contribution < -0.4 is 5.32 Å². The predicted octanol–water partition coefficient (Wildman–Crippen LogP) is 1.32. The van der Waals surface area contributed by atoms with E-state index < -0.39 is 23.1 Å². The van der Waals surface area contributed by atoms with Gasteiger partial charge in [0, 0.05) is 13.0 Å². The van der Waals surface area contributed by atoms with Crippen molar-refractivity contribution in [2.45, 2.75) is 24.8 Å². The third-order valence-electron chi connectivity index (χ3n) is 4.27. The zero-order chi connectivity index (χ0) is 16.4. The van der Waals surface area contributed by atoms with Gasteiger partial charge in [-0.2, -0.15) is 0 Å². The Morgan fingerprint density at radius 2 is 1.96 bits per heavy atom. The average molecular weight is 324 g/mol. The van der Waals surface area contributed by atoms with Crippen LogP contribution in [-0.4, -0.2) is 43.0 Å². The van der Waals surface area contributed by atoms with Crippen LogP contribution in [-0.2, 0) is 19.9 Å². The van der Waals surface area contributed by atoms with E-state index >= 15 is 0 Å². The molecule has 2 fully saturated rings. The van der Waals surface area contributed by atoms with Crippen molar-refractivity contribution in [2.75, 3.05) is 26.3 Å². The summed E-state index contributed by atoms with van der Waals surface area (Å²) in [5, 5.41) is 2.66. The van der Waals surface area contributed by atoms with Crippen molar-refractivity contribution in [1.29, 1.82) is 0 Å². The molecule has 0 bridgehead atoms. The Bertz CT molecular complexity index is 612. The maximum atomic E-state index is 14.0. The first kappa shape index (κ1) is 15.9. The van der Waals surface area contributed by atoms with Crippen LogP contribution in [0.25, 0.3) is 0 Å². The van der Waals surface area contributed by atoms with E-state index in [4.69, 9.17) is 4.74 Å². The van der Waals surface area contributed by atoms with Gasteiger partial charge < -0.3 is 15.0 Å². The van der Waals surface area contributed by atoms with E-state index in [9.17, 15) is 18.4 Å². The van der Waals surface area contributed by atoms with Gasteiger partial charge in [-0.15, -0.1) is 0 Å². The molecule has 124 valence electrons. The number of piperidine rings is 1. The molecular weight excluding hydrogens is 306 g/mol. The lowest BCUT2D eigenvalue weighted by Gasteiger charge is -2.43. The summed E-state index contributed by atoms with van der Waals surface area (Å²) >= 11 is 0. The zero-order valence-electron chi connectivity index (χ0n) is 12.6. The Kier molecular flexibility index (Phi) is 4.30. The van der Waals surface area contributed by atoms with Crippen molar-refractivity contribution in [3.63, 3.8) is 0 Å². The third-order valence-corrected chi connectivity index (χ3v) is 4.27. The van der Waals surface area contributed by atoms with Crippen molar-refractivity contribution >= 4 is 11.8 Å². The highest BCUT2D eigenvalue weighted by Gasteiger charge is 2.45. The van der Waals surface area contributed by atoms with Crippen molar-refractivity contribution in [1.82, 2.24) is 10.2 Å². The van der Waals surface area contributed by atoms with Crippen molar-refractivity contribution in [2.24, 2.45) is 0 Å². The number of nitrogens with one attached hydrogen (secondary N) is 1. The number of halogens is 2. The molecule has 2 saturated heterocycles. The lowest BCUT2D eigenvalue weighted by Crippen LogP contribution is -2.61. The standard InChI is InChI=1S/C16H18F2N2O3/c17-11-4-3-5-12(18)15(11)16(9-23-10-16)19-13(21)8-20-7-2-1-6-14(20)22/h3-5H,1-2,6-10H2,(H,19,21). The molecule has 1 aromatic rings. The van der Waals surface area contributed by atoms with Gasteiger partial charge in [-0.25, -0.2) is 8.78 Å². The van der Waals surface area contributed by atoms with E-state index in [0.29, 0.717) is 13.0 Å². The minimum atomic E-state index is -1.20. The molecule has 23 heavy (non-hydrogen) atoms. The van der Waals surface area contributed by atoms with E-state index in [0.717, 1.165) is 25.0 Å². The Hall–Kier alpha value is -2.02. The molecule has 2 heterocycles. The van der Waals surface area contributed by atoms with Crippen molar-refractivity contribution in [3.05, 3.63) is 35.4 Å². The quantitative estimate of drug-likeness (QED) is 0.909. The highest BCUT2D eigenvalue weighted by molar-refractivity contribution is 5.85. The summed E-state index contributed by atoms with van der Waals surface area (Å²) in [7, 11) is 0. The van der Waals surface area contributed by atoms with E-state index in [1.165, 1.54) is 11.0 Å². The highest BCUT2D eigenvalue weighted by atomic mass is 19.1. The van der Waals surface area contributed by atoms with Crippen LogP contribution in [0.2, 0.25) is 0 Å². The second-order valence-electron chi connectivity index (χ2n) is 5.99. The van der Waals surface area contributed by atoms with Gasteiger partial charge in [0.05, 0.1) is 25.3 Å². The fourth-order valence-electron chi connectivity index (χ4n) is 3.05. The minimum Gasteiger partial charge on any atom is -0.376 e. The molecule has 7 heteroatoms. The van der Waals surface area contributed by atoms with Gasteiger partial charge in [0.1, 0.15) is 17.2 Å². The second-order valence-corrected chi connectivity index (χ2v) is 5.99. The molecule has 2 aliphatic heterocycles. The number of carbonyl (C=O) groups excluding carboxylic acids is 2. The number of hydrogen-bond donors (Lipinski definition) is 1. The Balaban J connectivity index is 1.74. The van der Waals surface area contributed by atoms with E-state index in [1.807, 2.05) is 0 Å². The van der Waals surface area contributed by atoms with Gasteiger partial charge in [0.25, 0.3) is 0 Å². The molecule has 2 aliphatic rings. The molecule has 0 aromatic heterocycles. The fourth-order valence-corrected chi connectivity index (χ4v) is 3.05. The van der Waals surface area contributed by atoms with Gasteiger partial charge in [0.2, 0.25) is 11.8 Å². The summed E-state index contributed by atoms with van der Waals surface area (Å²) in [5.41, 5.74) is -1.39. The van der Waals surface area contributed by atoms with Crippen LogP contribution in [0.4, 0.5) is 8.78 Å². The number of likely N-dealkylation sites (tertiary alicyclic amines) is 1. The topological polar surface area (TPSA) is 58.6 Å². The number of ether oxygens (including phenoxy) is 1. The number of hydrogen-bond acceptors (Lipinski definition) is 3. The molecule has 1 N–H and O–H groups in total. The van der Waals surface area contributed by atoms with Gasteiger partial charge in [0.15, 0.2) is 0 Å². The van der Waals surface area contributed by atoms with E-state index in [1.54, 1.807) is 0 Å². The summed E-state index contributed by atoms with van der Waals surface area (Å²) in [6.45, 7) is 0.440. The molecule has 0 unspecified atom stereocenters. The van der Waals surface area contributed by atoms with Crippen molar-refractivity contribution in [3.8, 4) is 0 Å². The lowest BCUT2D eigenvalue weighted by molar-refractivity contribution is -0.143. The first-order valence-electron chi connectivity index (χ1n) is 7.63. The van der Waals surface area contributed by atoms with E-state index in [2.05, 4.69) is 5.32 Å². The van der Waals surface area contributed by atoms with Crippen LogP contribution >= 0.6 is 0 Å². The molecular formula is C16H18F2N2O3. The number of rotatable bonds is 4. The fraction of sp³-hybridized carbons (Fsp3) is 0.500. The summed E-state index contributed by atoms with van der Waals surface area (Å²) in [4.78, 5) is 25.5. The van der Waals surface area contributed by atoms with Crippen LogP contribution in [0.15, 0.2) is 18.2 Å². The second kappa shape index (κ2) is 6.23. The SMILES string of the molecule is O=C(CN1CCCCC1=O)NC1(c2c(F)cccc2F)COC1. The van der Waals surface area contributed by atoms with Gasteiger partial charge in [-0.05, 0) is 25.0 Å². The minimum absolute atomic E-state index is 0.00450. The van der Waals surface area contributed by atoms with Crippen molar-refractivity contribution < 1.29 is 23.1 Å². The van der Waals surface area contributed by atoms with Crippen LogP contribution in [0.1, 0.15) is 24.8 Å². The maximum Gasteiger partial charge on any atom is 0.240 e. The number of carbonyl (C=O) groups is 2. The largest absolute Gasteiger partial charge is 0.376 e. The monoisotopic (exact) mass is 324 g/mol. The first-order chi connectivity index (χ1) is 11.0. The Morgan fingerprint density at radius 3 is 2.52 bits per heavy atom. The van der Waals surface area contributed by atoms with Crippen LogP contribution in [0.3, 0.4) is 0 Å². The van der Waals surface area contributed by atoms with Crippen LogP contribution in [0, 0.1) is 11.6 Å². The maximum absolute atomic E-state index is 14.0. The average Bonchev–Trinajstić information content (AvgIpc) is 2.46. The molecule has 0 aliphatic carbocycles. The normalized spacial score (nSPS) is 20.1. The molecule has 0 spiro atoms. The molecule has 1 aromatic carbocycles. The predicted molar refractivity (Wildman–Crippen MR) is 77.4 cm³/mol. The number of nitrogens with zero attached hydrogens (tertiary/aromatic N) is 1. The lowest BCUT2D eigenvalue weighted by atomic mass is 9.87. The van der Waals surface area contributed by atoms with Gasteiger partial charge in [-0.1, -0.05) is 6.07 Å². The number of benzene rings is 1. The van der Waals surface area contributed by atoms with Crippen LogP contribution in [0.5, 0.6) is 0 Å².